The molecule has 0 saturated carbocycles. The number of aliphatic carboxylic acids is 1. The van der Waals surface area contributed by atoms with Crippen LogP contribution in [0.1, 0.15) is 32.3 Å². The first-order chi connectivity index (χ1) is 13.3. The van der Waals surface area contributed by atoms with Crippen molar-refractivity contribution in [3.8, 4) is 0 Å². The number of Topliss-reactive ketones (excluding diaryl/α,β-unsaturated/α-hetero) is 1. The number of hydrogen-bond donors (Lipinski definition) is 3. The van der Waals surface area contributed by atoms with Crippen LogP contribution in [-0.2, 0) is 25.7 Å². The molecule has 0 saturated heterocycles. The first-order valence-corrected chi connectivity index (χ1v) is 8.86. The maximum atomic E-state index is 12.7. The zero-order valence-corrected chi connectivity index (χ0v) is 15.8. The van der Waals surface area contributed by atoms with Crippen molar-refractivity contribution in [1.82, 2.24) is 10.6 Å². The van der Waals surface area contributed by atoms with E-state index in [1.54, 1.807) is 38.1 Å². The summed E-state index contributed by atoms with van der Waals surface area (Å²) in [4.78, 5) is 47.0. The average molecular weight is 396 g/mol. The van der Waals surface area contributed by atoms with Crippen molar-refractivity contribution in [3.05, 3.63) is 35.9 Å². The Hall–Kier alpha value is -2.97. The Bertz CT molecular complexity index is 682. The lowest BCUT2D eigenvalue weighted by Crippen LogP contribution is -2.54. The lowest BCUT2D eigenvalue weighted by molar-refractivity contribution is -0.140. The number of rotatable bonds is 11. The SMILES string of the molecule is CCC(C)C(NC(=O)OCc1ccccc1)C(=O)NC(CC(=O)O)C(=O)CF. The van der Waals surface area contributed by atoms with Gasteiger partial charge in [-0.25, -0.2) is 9.18 Å². The molecule has 3 unspecified atom stereocenters. The molecule has 0 heterocycles. The number of alkyl carbamates (subject to hydrolysis) is 1. The van der Waals surface area contributed by atoms with Crippen molar-refractivity contribution in [1.29, 1.82) is 0 Å². The number of carboxylic acids is 1. The zero-order chi connectivity index (χ0) is 21.1. The second-order valence-corrected chi connectivity index (χ2v) is 6.33. The highest BCUT2D eigenvalue weighted by atomic mass is 19.1. The molecule has 1 rings (SSSR count). The highest BCUT2D eigenvalue weighted by Crippen LogP contribution is 2.10. The fourth-order valence-corrected chi connectivity index (χ4v) is 2.37. The predicted molar refractivity (Wildman–Crippen MR) is 98.2 cm³/mol. The first kappa shape index (κ1) is 23.1. The van der Waals surface area contributed by atoms with E-state index in [-0.39, 0.29) is 12.5 Å². The minimum Gasteiger partial charge on any atom is -0.481 e. The normalized spacial score (nSPS) is 13.7. The van der Waals surface area contributed by atoms with Crippen molar-refractivity contribution in [2.45, 2.75) is 45.4 Å². The highest BCUT2D eigenvalue weighted by molar-refractivity contribution is 5.94. The van der Waals surface area contributed by atoms with Gasteiger partial charge in [0.1, 0.15) is 25.4 Å². The van der Waals surface area contributed by atoms with E-state index >= 15 is 0 Å². The molecule has 0 aliphatic heterocycles. The van der Waals surface area contributed by atoms with Gasteiger partial charge < -0.3 is 20.5 Å². The summed E-state index contributed by atoms with van der Waals surface area (Å²) in [6, 6.07) is 6.35. The third-order valence-electron chi connectivity index (χ3n) is 4.20. The monoisotopic (exact) mass is 396 g/mol. The number of carbonyl (C=O) groups excluding carboxylic acids is 3. The number of benzene rings is 1. The molecule has 0 aromatic heterocycles. The Morgan fingerprint density at radius 3 is 2.32 bits per heavy atom. The van der Waals surface area contributed by atoms with Crippen LogP contribution in [0.25, 0.3) is 0 Å². The summed E-state index contributed by atoms with van der Waals surface area (Å²) in [7, 11) is 0. The third-order valence-corrected chi connectivity index (χ3v) is 4.20. The van der Waals surface area contributed by atoms with Gasteiger partial charge in [0.05, 0.1) is 6.42 Å². The van der Waals surface area contributed by atoms with E-state index in [1.807, 2.05) is 6.07 Å². The lowest BCUT2D eigenvalue weighted by Gasteiger charge is -2.25. The molecule has 0 bridgehead atoms. The van der Waals surface area contributed by atoms with Crippen molar-refractivity contribution in [2.75, 3.05) is 6.67 Å². The van der Waals surface area contributed by atoms with Crippen molar-refractivity contribution < 1.29 is 33.4 Å². The number of ketones is 1. The molecule has 3 N–H and O–H groups in total. The number of alkyl halides is 1. The molecular formula is C19H25FN2O6. The number of hydrogen-bond acceptors (Lipinski definition) is 5. The first-order valence-electron chi connectivity index (χ1n) is 8.86. The molecule has 2 amide bonds. The number of amides is 2. The number of carbonyl (C=O) groups is 4. The molecule has 1 aromatic rings. The molecule has 0 radical (unpaired) electrons. The molecule has 0 spiro atoms. The fourth-order valence-electron chi connectivity index (χ4n) is 2.37. The molecule has 3 atom stereocenters. The molecule has 1 aromatic carbocycles. The van der Waals surface area contributed by atoms with Gasteiger partial charge in [-0.05, 0) is 11.5 Å². The predicted octanol–water partition coefficient (Wildman–Crippen LogP) is 1.83. The van der Waals surface area contributed by atoms with Crippen LogP contribution >= 0.6 is 0 Å². The van der Waals surface area contributed by atoms with Gasteiger partial charge in [-0.15, -0.1) is 0 Å². The Balaban J connectivity index is 2.76. The zero-order valence-electron chi connectivity index (χ0n) is 15.8. The van der Waals surface area contributed by atoms with Gasteiger partial charge in [0.2, 0.25) is 5.91 Å². The Morgan fingerprint density at radius 2 is 1.79 bits per heavy atom. The smallest absolute Gasteiger partial charge is 0.408 e. The fraction of sp³-hybridized carbons (Fsp3) is 0.474. The van der Waals surface area contributed by atoms with E-state index in [0.717, 1.165) is 5.56 Å². The Labute approximate surface area is 162 Å². The van der Waals surface area contributed by atoms with Crippen molar-refractivity contribution in [3.63, 3.8) is 0 Å². The quantitative estimate of drug-likeness (QED) is 0.525. The van der Waals surface area contributed by atoms with Gasteiger partial charge in [-0.3, -0.25) is 14.4 Å². The summed E-state index contributed by atoms with van der Waals surface area (Å²) in [5, 5.41) is 13.5. The second kappa shape index (κ2) is 11.7. The summed E-state index contributed by atoms with van der Waals surface area (Å²) in [6.07, 6.45) is -1.08. The van der Waals surface area contributed by atoms with Crippen LogP contribution < -0.4 is 10.6 Å². The summed E-state index contributed by atoms with van der Waals surface area (Å²) in [5.41, 5.74) is 0.761. The van der Waals surface area contributed by atoms with Gasteiger partial charge in [-0.1, -0.05) is 50.6 Å². The molecule has 28 heavy (non-hydrogen) atoms. The molecular weight excluding hydrogens is 371 g/mol. The van der Waals surface area contributed by atoms with Gasteiger partial charge in [0.15, 0.2) is 5.78 Å². The topological polar surface area (TPSA) is 122 Å². The van der Waals surface area contributed by atoms with Crippen LogP contribution in [-0.4, -0.2) is 47.6 Å². The van der Waals surface area contributed by atoms with Gasteiger partial charge in [0, 0.05) is 0 Å². The molecule has 0 aliphatic carbocycles. The summed E-state index contributed by atoms with van der Waals surface area (Å²) < 4.78 is 17.7. The standard InChI is InChI=1S/C19H25FN2O6/c1-3-12(2)17(18(26)21-14(9-16(24)25)15(23)10-20)22-19(27)28-11-13-7-5-4-6-8-13/h4-8,12,14,17H,3,9-11H2,1-2H3,(H,21,26)(H,22,27)(H,24,25). The second-order valence-electron chi connectivity index (χ2n) is 6.33. The molecule has 0 fully saturated rings. The van der Waals surface area contributed by atoms with Crippen molar-refractivity contribution in [2.24, 2.45) is 5.92 Å². The molecule has 0 aliphatic rings. The number of carboxylic acid groups (broad SMARTS) is 1. The number of nitrogens with one attached hydrogen (secondary N) is 2. The van der Waals surface area contributed by atoms with Crippen LogP contribution in [0, 0.1) is 5.92 Å². The van der Waals surface area contributed by atoms with Crippen LogP contribution in [0.15, 0.2) is 30.3 Å². The summed E-state index contributed by atoms with van der Waals surface area (Å²) in [5.74, 6) is -3.53. The molecule has 9 heteroatoms. The summed E-state index contributed by atoms with van der Waals surface area (Å²) in [6.45, 7) is 2.09. The van der Waals surface area contributed by atoms with Crippen molar-refractivity contribution >= 4 is 23.8 Å². The summed E-state index contributed by atoms with van der Waals surface area (Å²) >= 11 is 0. The van der Waals surface area contributed by atoms with E-state index in [4.69, 9.17) is 9.84 Å². The largest absolute Gasteiger partial charge is 0.481 e. The minimum atomic E-state index is -1.51. The maximum absolute atomic E-state index is 12.7. The maximum Gasteiger partial charge on any atom is 0.408 e. The number of halogens is 1. The van der Waals surface area contributed by atoms with E-state index in [9.17, 15) is 23.6 Å². The molecule has 154 valence electrons. The van der Waals surface area contributed by atoms with E-state index in [1.165, 1.54) is 0 Å². The average Bonchev–Trinajstić information content (AvgIpc) is 2.69. The highest BCUT2D eigenvalue weighted by Gasteiger charge is 2.31. The third kappa shape index (κ3) is 7.73. The Morgan fingerprint density at radius 1 is 1.14 bits per heavy atom. The van der Waals surface area contributed by atoms with Crippen LogP contribution in [0.2, 0.25) is 0 Å². The minimum absolute atomic E-state index is 0.00347. The van der Waals surface area contributed by atoms with Gasteiger partial charge in [0.25, 0.3) is 0 Å². The van der Waals surface area contributed by atoms with E-state index < -0.39 is 48.9 Å². The van der Waals surface area contributed by atoms with Crippen LogP contribution in [0.3, 0.4) is 0 Å². The Kier molecular flexibility index (Phi) is 9.63. The van der Waals surface area contributed by atoms with Gasteiger partial charge >= 0.3 is 12.1 Å². The lowest BCUT2D eigenvalue weighted by atomic mass is 9.97. The van der Waals surface area contributed by atoms with Crippen LogP contribution in [0.5, 0.6) is 0 Å². The molecule has 8 nitrogen and oxygen atoms in total. The number of ether oxygens (including phenoxy) is 1. The van der Waals surface area contributed by atoms with E-state index in [2.05, 4.69) is 10.6 Å². The van der Waals surface area contributed by atoms with Crippen LogP contribution in [0.4, 0.5) is 9.18 Å². The van der Waals surface area contributed by atoms with E-state index in [0.29, 0.717) is 6.42 Å². The van der Waals surface area contributed by atoms with Gasteiger partial charge in [-0.2, -0.15) is 0 Å².